The van der Waals surface area contributed by atoms with Crippen LogP contribution in [-0.2, 0) is 36.1 Å². The molecule has 2 aliphatic heterocycles. The molecular formula is C25H20F9N4O3S+. The molecule has 0 aliphatic carbocycles. The summed E-state index contributed by atoms with van der Waals surface area (Å²) >= 11 is 0. The van der Waals surface area contributed by atoms with E-state index >= 15 is 0 Å². The van der Waals surface area contributed by atoms with E-state index in [0.29, 0.717) is 10.6 Å². The van der Waals surface area contributed by atoms with Gasteiger partial charge in [0.1, 0.15) is 5.69 Å². The molecule has 7 nitrogen and oxygen atoms in total. The van der Waals surface area contributed by atoms with Crippen molar-refractivity contribution in [3.8, 4) is 0 Å². The molecule has 2 atom stereocenters. The molecule has 2 unspecified atom stereocenters. The molecule has 2 aromatic carbocycles. The van der Waals surface area contributed by atoms with Gasteiger partial charge >= 0.3 is 18.5 Å². The van der Waals surface area contributed by atoms with Crippen LogP contribution in [0, 0.1) is 0 Å². The van der Waals surface area contributed by atoms with E-state index in [2.05, 4.69) is 0 Å². The summed E-state index contributed by atoms with van der Waals surface area (Å²) in [6, 6.07) is 5.01. The third kappa shape index (κ3) is 4.92. The smallest absolute Gasteiger partial charge is 0.426 e. The maximum Gasteiger partial charge on any atom is 0.426 e. The lowest BCUT2D eigenvalue weighted by atomic mass is 10.1. The van der Waals surface area contributed by atoms with Crippen LogP contribution in [0.1, 0.15) is 17.0 Å². The minimum atomic E-state index is -4.99. The summed E-state index contributed by atoms with van der Waals surface area (Å²) in [7, 11) is -2.23. The summed E-state index contributed by atoms with van der Waals surface area (Å²) in [6.45, 7) is -2.00. The van der Waals surface area contributed by atoms with Crippen molar-refractivity contribution >= 4 is 38.6 Å². The highest BCUT2D eigenvalue weighted by atomic mass is 32.2. The molecule has 42 heavy (non-hydrogen) atoms. The molecule has 1 saturated heterocycles. The SMILES string of the molecule is CN1/C(=C\C=C\c2n(CC(F)(F)F)c3cc(C(F)(F)F)ccc3[n+]2C)[N+]2(CC2S(=O)(=O)[O-])c2cc(C(F)(F)F)ccc21. The number of anilines is 1. The van der Waals surface area contributed by atoms with Gasteiger partial charge in [-0.2, -0.15) is 39.5 Å². The predicted molar refractivity (Wildman–Crippen MR) is 131 cm³/mol. The van der Waals surface area contributed by atoms with Gasteiger partial charge in [0.2, 0.25) is 11.2 Å². The van der Waals surface area contributed by atoms with E-state index in [0.717, 1.165) is 36.4 Å². The van der Waals surface area contributed by atoms with Gasteiger partial charge in [-0.05, 0) is 30.3 Å². The van der Waals surface area contributed by atoms with Crippen molar-refractivity contribution in [2.75, 3.05) is 18.5 Å². The Morgan fingerprint density at radius 1 is 1.00 bits per heavy atom. The summed E-state index contributed by atoms with van der Waals surface area (Å²) in [6.07, 6.45) is -10.8. The lowest BCUT2D eigenvalue weighted by Crippen LogP contribution is -2.33. The van der Waals surface area contributed by atoms with Crippen LogP contribution in [0.25, 0.3) is 17.1 Å². The first-order chi connectivity index (χ1) is 19.2. The number of aromatic nitrogens is 2. The summed E-state index contributed by atoms with van der Waals surface area (Å²) in [5, 5.41) is -1.64. The van der Waals surface area contributed by atoms with Crippen LogP contribution in [0.2, 0.25) is 0 Å². The lowest BCUT2D eigenvalue weighted by Gasteiger charge is -2.18. The van der Waals surface area contributed by atoms with Crippen LogP contribution >= 0.6 is 0 Å². The summed E-state index contributed by atoms with van der Waals surface area (Å²) in [5.41, 5.74) is -2.43. The fraction of sp³-hybridized carbons (Fsp3) is 0.320. The van der Waals surface area contributed by atoms with Gasteiger partial charge in [0.25, 0.3) is 5.82 Å². The van der Waals surface area contributed by atoms with E-state index in [1.807, 2.05) is 0 Å². The molecule has 0 bridgehead atoms. The number of allylic oxidation sites excluding steroid dienone is 2. The molecule has 2 aliphatic rings. The third-order valence-electron chi connectivity index (χ3n) is 7.38. The lowest BCUT2D eigenvalue weighted by molar-refractivity contribution is -0.647. The Hall–Kier alpha value is -3.57. The first kappa shape index (κ1) is 29.9. The van der Waals surface area contributed by atoms with Gasteiger partial charge in [-0.3, -0.25) is 4.90 Å². The molecule has 1 aromatic heterocycles. The van der Waals surface area contributed by atoms with E-state index in [-0.39, 0.29) is 40.6 Å². The molecule has 17 heteroatoms. The Labute approximate surface area is 232 Å². The van der Waals surface area contributed by atoms with E-state index in [1.54, 1.807) is 0 Å². The molecule has 226 valence electrons. The van der Waals surface area contributed by atoms with Crippen LogP contribution in [0.3, 0.4) is 0 Å². The Balaban J connectivity index is 1.64. The van der Waals surface area contributed by atoms with Crippen molar-refractivity contribution in [3.05, 3.63) is 71.3 Å². The van der Waals surface area contributed by atoms with Crippen molar-refractivity contribution in [2.45, 2.75) is 30.4 Å². The Morgan fingerprint density at radius 2 is 1.60 bits per heavy atom. The standard InChI is InChI=1S/C25H20F9N4O3S/c1-35-16-8-6-14(24(29,30)31)10-18(16)37(13-23(26,27)28)20(35)4-3-5-21-36(2)17-9-7-15(25(32,33)34)11-19(17)38(21)12-22(38)42(39,40)41/h3-11,22H,12-13H2,1-2H3/q+1. The highest BCUT2D eigenvalue weighted by molar-refractivity contribution is 7.86. The molecule has 1 fully saturated rings. The van der Waals surface area contributed by atoms with E-state index in [1.165, 1.54) is 35.7 Å². The summed E-state index contributed by atoms with van der Waals surface area (Å²) in [4.78, 5) is 1.37. The Kier molecular flexibility index (Phi) is 6.56. The van der Waals surface area contributed by atoms with Crippen molar-refractivity contribution in [3.63, 3.8) is 0 Å². The topological polar surface area (TPSA) is 69.2 Å². The number of aryl methyl sites for hydroxylation is 1. The van der Waals surface area contributed by atoms with Crippen LogP contribution in [0.5, 0.6) is 0 Å². The number of hydrogen-bond donors (Lipinski definition) is 0. The fourth-order valence-corrected chi connectivity index (χ4v) is 6.54. The van der Waals surface area contributed by atoms with Gasteiger partial charge in [-0.15, -0.1) is 0 Å². The fourth-order valence-electron chi connectivity index (χ4n) is 5.46. The first-order valence-electron chi connectivity index (χ1n) is 12.0. The maximum absolute atomic E-state index is 13.5. The molecular weight excluding hydrogens is 607 g/mol. The number of quaternary nitrogens is 1. The van der Waals surface area contributed by atoms with Crippen molar-refractivity contribution in [2.24, 2.45) is 7.05 Å². The van der Waals surface area contributed by atoms with Gasteiger partial charge in [-0.1, -0.05) is 0 Å². The van der Waals surface area contributed by atoms with E-state index in [9.17, 15) is 52.5 Å². The molecule has 0 amide bonds. The molecule has 0 radical (unpaired) electrons. The van der Waals surface area contributed by atoms with Crippen molar-refractivity contribution < 1.29 is 57.1 Å². The average molecular weight is 628 g/mol. The third-order valence-corrected chi connectivity index (χ3v) is 8.56. The van der Waals surface area contributed by atoms with Gasteiger partial charge in [0.15, 0.2) is 39.9 Å². The van der Waals surface area contributed by atoms with Crippen LogP contribution in [0.4, 0.5) is 50.9 Å². The zero-order valence-electron chi connectivity index (χ0n) is 21.5. The van der Waals surface area contributed by atoms with Crippen LogP contribution in [0.15, 0.2) is 54.4 Å². The highest BCUT2D eigenvalue weighted by Crippen LogP contribution is 2.57. The minimum absolute atomic E-state index is 0.0524. The van der Waals surface area contributed by atoms with Gasteiger partial charge in [0.05, 0.1) is 18.2 Å². The number of nitrogens with zero attached hydrogens (tertiary/aromatic N) is 4. The second kappa shape index (κ2) is 9.21. The second-order valence-corrected chi connectivity index (χ2v) is 11.5. The van der Waals surface area contributed by atoms with E-state index in [4.69, 9.17) is 0 Å². The van der Waals surface area contributed by atoms with Crippen LogP contribution in [-0.4, -0.2) is 42.7 Å². The zero-order chi connectivity index (χ0) is 31.2. The van der Waals surface area contributed by atoms with Crippen molar-refractivity contribution in [1.29, 1.82) is 0 Å². The van der Waals surface area contributed by atoms with Gasteiger partial charge in [0, 0.05) is 31.3 Å². The molecule has 0 saturated carbocycles. The predicted octanol–water partition coefficient (Wildman–Crippen LogP) is 5.26. The molecule has 0 N–H and O–H groups in total. The summed E-state index contributed by atoms with van der Waals surface area (Å²) < 4.78 is 158. The monoisotopic (exact) mass is 627 g/mol. The second-order valence-electron chi connectivity index (χ2n) is 9.96. The Bertz CT molecular complexity index is 1770. The molecule has 1 spiro atoms. The number of hydrogen-bond acceptors (Lipinski definition) is 4. The molecule has 3 aromatic rings. The normalized spacial score (nSPS) is 22.2. The number of halogens is 9. The highest BCUT2D eigenvalue weighted by Gasteiger charge is 2.69. The number of benzene rings is 2. The van der Waals surface area contributed by atoms with E-state index < -0.39 is 56.2 Å². The number of alkyl halides is 9. The zero-order valence-corrected chi connectivity index (χ0v) is 22.3. The number of imidazole rings is 1. The molecule has 5 rings (SSSR count). The summed E-state index contributed by atoms with van der Waals surface area (Å²) in [5.74, 6) is -0.119. The average Bonchev–Trinajstić information content (AvgIpc) is 3.51. The van der Waals surface area contributed by atoms with Gasteiger partial charge < -0.3 is 4.55 Å². The van der Waals surface area contributed by atoms with Gasteiger partial charge in [-0.25, -0.2) is 22.0 Å². The largest absolute Gasteiger partial charge is 0.743 e. The molecule has 3 heterocycles. The Morgan fingerprint density at radius 3 is 2.14 bits per heavy atom. The maximum atomic E-state index is 13.5. The number of rotatable bonds is 4. The van der Waals surface area contributed by atoms with Crippen molar-refractivity contribution in [1.82, 2.24) is 9.05 Å². The number of fused-ring (bicyclic) bond motifs is 3. The quantitative estimate of drug-likeness (QED) is 0.130. The first-order valence-corrected chi connectivity index (χ1v) is 13.5. The minimum Gasteiger partial charge on any atom is -0.743 e. The van der Waals surface area contributed by atoms with Crippen LogP contribution < -0.4 is 14.0 Å².